The van der Waals surface area contributed by atoms with Crippen LogP contribution in [0.15, 0.2) is 36.7 Å². The molecule has 1 unspecified atom stereocenters. The summed E-state index contributed by atoms with van der Waals surface area (Å²) in [6.07, 6.45) is 4.39. The predicted molar refractivity (Wildman–Crippen MR) is 71.7 cm³/mol. The summed E-state index contributed by atoms with van der Waals surface area (Å²) in [7, 11) is 0. The first-order chi connectivity index (χ1) is 8.70. The number of hydrogen-bond donors (Lipinski definition) is 2. The van der Waals surface area contributed by atoms with Crippen LogP contribution in [0.1, 0.15) is 28.6 Å². The van der Waals surface area contributed by atoms with E-state index >= 15 is 0 Å². The van der Waals surface area contributed by atoms with Crippen molar-refractivity contribution in [3.05, 3.63) is 59.2 Å². The Morgan fingerprint density at radius 3 is 2.72 bits per heavy atom. The number of nitrogens with zero attached hydrogens (tertiary/aromatic N) is 2. The first-order valence-corrected chi connectivity index (χ1v) is 6.00. The van der Waals surface area contributed by atoms with Crippen molar-refractivity contribution in [3.63, 3.8) is 0 Å². The maximum absolute atomic E-state index is 5.64. The largest absolute Gasteiger partial charge is 0.271 e. The van der Waals surface area contributed by atoms with Crippen LogP contribution in [-0.2, 0) is 6.42 Å². The third-order valence-corrected chi connectivity index (χ3v) is 2.93. The van der Waals surface area contributed by atoms with Crippen LogP contribution in [0.2, 0.25) is 0 Å². The molecule has 1 atom stereocenters. The topological polar surface area (TPSA) is 63.8 Å². The van der Waals surface area contributed by atoms with E-state index in [0.717, 1.165) is 28.9 Å². The molecule has 0 saturated carbocycles. The van der Waals surface area contributed by atoms with Crippen LogP contribution < -0.4 is 11.3 Å². The summed E-state index contributed by atoms with van der Waals surface area (Å²) in [6, 6.07) is 7.98. The number of aryl methyl sites for hydroxylation is 2. The second-order valence-electron chi connectivity index (χ2n) is 4.46. The molecule has 0 saturated heterocycles. The molecule has 0 aliphatic rings. The van der Waals surface area contributed by atoms with E-state index in [1.54, 1.807) is 6.20 Å². The van der Waals surface area contributed by atoms with Crippen molar-refractivity contribution in [1.29, 1.82) is 0 Å². The van der Waals surface area contributed by atoms with Crippen LogP contribution in [0.3, 0.4) is 0 Å². The highest BCUT2D eigenvalue weighted by atomic mass is 15.2. The van der Waals surface area contributed by atoms with Crippen LogP contribution in [0.5, 0.6) is 0 Å². The fraction of sp³-hybridized carbons (Fsp3) is 0.286. The molecule has 0 fully saturated rings. The van der Waals surface area contributed by atoms with Crippen molar-refractivity contribution in [2.24, 2.45) is 5.84 Å². The van der Waals surface area contributed by atoms with E-state index in [0.29, 0.717) is 0 Å². The van der Waals surface area contributed by atoms with Gasteiger partial charge in [0.15, 0.2) is 0 Å². The van der Waals surface area contributed by atoms with Gasteiger partial charge >= 0.3 is 0 Å². The molecule has 0 aromatic carbocycles. The molecule has 2 heterocycles. The molecule has 0 amide bonds. The maximum atomic E-state index is 5.64. The fourth-order valence-corrected chi connectivity index (χ4v) is 2.05. The first-order valence-electron chi connectivity index (χ1n) is 6.00. The number of hydrogen-bond acceptors (Lipinski definition) is 4. The quantitative estimate of drug-likeness (QED) is 0.634. The standard InChI is InChI=1S/C14H18N4/c1-10-7-11(2)14(17-9-10)13(18-15)8-12-5-3-4-6-16-12/h3-7,9,13,18H,8,15H2,1-2H3. The summed E-state index contributed by atoms with van der Waals surface area (Å²) in [5.74, 6) is 5.64. The Labute approximate surface area is 107 Å². The Bertz CT molecular complexity index is 510. The Kier molecular flexibility index (Phi) is 4.02. The van der Waals surface area contributed by atoms with E-state index < -0.39 is 0 Å². The third-order valence-electron chi connectivity index (χ3n) is 2.93. The smallest absolute Gasteiger partial charge is 0.0690 e. The number of rotatable bonds is 4. The summed E-state index contributed by atoms with van der Waals surface area (Å²) >= 11 is 0. The van der Waals surface area contributed by atoms with Crippen molar-refractivity contribution in [2.75, 3.05) is 0 Å². The minimum atomic E-state index is -0.0134. The van der Waals surface area contributed by atoms with Crippen LogP contribution >= 0.6 is 0 Å². The van der Waals surface area contributed by atoms with E-state index in [9.17, 15) is 0 Å². The predicted octanol–water partition coefficient (Wildman–Crippen LogP) is 1.84. The Morgan fingerprint density at radius 2 is 2.11 bits per heavy atom. The molecule has 0 aliphatic heterocycles. The van der Waals surface area contributed by atoms with Gasteiger partial charge in [-0.3, -0.25) is 21.2 Å². The molecule has 4 nitrogen and oxygen atoms in total. The van der Waals surface area contributed by atoms with Gasteiger partial charge in [-0.25, -0.2) is 0 Å². The second-order valence-corrected chi connectivity index (χ2v) is 4.46. The van der Waals surface area contributed by atoms with E-state index in [1.165, 1.54) is 0 Å². The molecular weight excluding hydrogens is 224 g/mol. The van der Waals surface area contributed by atoms with Gasteiger partial charge in [0.2, 0.25) is 0 Å². The van der Waals surface area contributed by atoms with Gasteiger partial charge in [0.1, 0.15) is 0 Å². The van der Waals surface area contributed by atoms with Gasteiger partial charge in [-0.1, -0.05) is 12.1 Å². The van der Waals surface area contributed by atoms with Crippen LogP contribution in [0.25, 0.3) is 0 Å². The number of pyridine rings is 2. The van der Waals surface area contributed by atoms with E-state index in [-0.39, 0.29) is 6.04 Å². The van der Waals surface area contributed by atoms with Gasteiger partial charge < -0.3 is 0 Å². The highest BCUT2D eigenvalue weighted by Gasteiger charge is 2.15. The number of aromatic nitrogens is 2. The van der Waals surface area contributed by atoms with Crippen LogP contribution in [-0.4, -0.2) is 9.97 Å². The minimum absolute atomic E-state index is 0.0134. The molecule has 0 spiro atoms. The lowest BCUT2D eigenvalue weighted by molar-refractivity contribution is 0.529. The summed E-state index contributed by atoms with van der Waals surface area (Å²) < 4.78 is 0. The zero-order valence-electron chi connectivity index (χ0n) is 10.7. The van der Waals surface area contributed by atoms with Gasteiger partial charge in [-0.2, -0.15) is 0 Å². The van der Waals surface area contributed by atoms with Crippen molar-refractivity contribution >= 4 is 0 Å². The highest BCUT2D eigenvalue weighted by molar-refractivity contribution is 5.26. The molecule has 2 aromatic rings. The van der Waals surface area contributed by atoms with Crippen molar-refractivity contribution in [1.82, 2.24) is 15.4 Å². The van der Waals surface area contributed by atoms with Crippen LogP contribution in [0.4, 0.5) is 0 Å². The van der Waals surface area contributed by atoms with Crippen molar-refractivity contribution in [3.8, 4) is 0 Å². The molecule has 2 aromatic heterocycles. The zero-order valence-corrected chi connectivity index (χ0v) is 10.7. The molecule has 18 heavy (non-hydrogen) atoms. The van der Waals surface area contributed by atoms with E-state index in [1.807, 2.05) is 31.3 Å². The van der Waals surface area contributed by atoms with Crippen molar-refractivity contribution < 1.29 is 0 Å². The second kappa shape index (κ2) is 5.71. The lowest BCUT2D eigenvalue weighted by Crippen LogP contribution is -2.31. The molecule has 94 valence electrons. The lowest BCUT2D eigenvalue weighted by atomic mass is 10.0. The molecule has 0 bridgehead atoms. The lowest BCUT2D eigenvalue weighted by Gasteiger charge is -2.17. The number of nitrogens with two attached hydrogens (primary N) is 1. The Hall–Kier alpha value is -1.78. The normalized spacial score (nSPS) is 12.4. The van der Waals surface area contributed by atoms with E-state index in [2.05, 4.69) is 28.4 Å². The summed E-state index contributed by atoms with van der Waals surface area (Å²) in [5.41, 5.74) is 7.11. The molecule has 0 radical (unpaired) electrons. The van der Waals surface area contributed by atoms with Gasteiger partial charge in [0.05, 0.1) is 11.7 Å². The average molecular weight is 242 g/mol. The Morgan fingerprint density at radius 1 is 1.28 bits per heavy atom. The zero-order chi connectivity index (χ0) is 13.0. The maximum Gasteiger partial charge on any atom is 0.0690 e. The van der Waals surface area contributed by atoms with Gasteiger partial charge in [-0.05, 0) is 37.1 Å². The van der Waals surface area contributed by atoms with Crippen LogP contribution in [0, 0.1) is 13.8 Å². The Balaban J connectivity index is 2.23. The highest BCUT2D eigenvalue weighted by Crippen LogP contribution is 2.18. The molecule has 0 aliphatic carbocycles. The van der Waals surface area contributed by atoms with Gasteiger partial charge in [-0.15, -0.1) is 0 Å². The first kappa shape index (κ1) is 12.7. The van der Waals surface area contributed by atoms with Gasteiger partial charge in [0.25, 0.3) is 0 Å². The number of nitrogens with one attached hydrogen (secondary N) is 1. The van der Waals surface area contributed by atoms with Crippen molar-refractivity contribution in [2.45, 2.75) is 26.3 Å². The SMILES string of the molecule is Cc1cnc(C(Cc2ccccn2)NN)c(C)c1. The third kappa shape index (κ3) is 2.91. The monoisotopic (exact) mass is 242 g/mol. The molecule has 3 N–H and O–H groups in total. The molecule has 4 heteroatoms. The summed E-state index contributed by atoms with van der Waals surface area (Å²) in [4.78, 5) is 8.79. The number of hydrazine groups is 1. The van der Waals surface area contributed by atoms with E-state index in [4.69, 9.17) is 5.84 Å². The molecule has 2 rings (SSSR count). The summed E-state index contributed by atoms with van der Waals surface area (Å²) in [6.45, 7) is 4.09. The fourth-order valence-electron chi connectivity index (χ4n) is 2.05. The minimum Gasteiger partial charge on any atom is -0.271 e. The summed E-state index contributed by atoms with van der Waals surface area (Å²) in [5, 5.41) is 0. The average Bonchev–Trinajstić information content (AvgIpc) is 2.38. The van der Waals surface area contributed by atoms with Gasteiger partial charge in [0, 0.05) is 24.5 Å². The molecular formula is C14H18N4.